The lowest BCUT2D eigenvalue weighted by atomic mass is 10.1. The molecular formula is C12H14N2O3. The van der Waals surface area contributed by atoms with E-state index in [9.17, 15) is 9.90 Å². The van der Waals surface area contributed by atoms with Crippen LogP contribution in [0.25, 0.3) is 6.08 Å². The first-order chi connectivity index (χ1) is 8.22. The van der Waals surface area contributed by atoms with Gasteiger partial charge in [0.2, 0.25) is 5.75 Å². The van der Waals surface area contributed by atoms with E-state index in [1.165, 1.54) is 6.08 Å². The number of amides is 1. The van der Waals surface area contributed by atoms with Crippen LogP contribution in [0, 0.1) is 0 Å². The second-order valence-electron chi connectivity index (χ2n) is 3.67. The molecule has 0 fully saturated rings. The lowest BCUT2D eigenvalue weighted by Gasteiger charge is -2.11. The largest absolute Gasteiger partial charge is 0.504 e. The van der Waals surface area contributed by atoms with E-state index in [0.29, 0.717) is 12.1 Å². The Bertz CT molecular complexity index is 469. The standard InChI is InChI=1S/C12H14N2O3/c1-2-13-7-9-4-3-8-5-6-10(15)14-17-12(8)11(9)16/h3-6,13,16H,2,7H2,1H3,(H,14,15). The number of aromatic hydroxyl groups is 1. The number of benzene rings is 1. The number of phenols is 1. The van der Waals surface area contributed by atoms with Crippen molar-refractivity contribution in [3.63, 3.8) is 0 Å². The molecule has 3 N–H and O–H groups in total. The fourth-order valence-electron chi connectivity index (χ4n) is 1.57. The van der Waals surface area contributed by atoms with Crippen molar-refractivity contribution in [3.8, 4) is 11.5 Å². The number of carbonyl (C=O) groups is 1. The maximum absolute atomic E-state index is 11.1. The van der Waals surface area contributed by atoms with Crippen molar-refractivity contribution in [2.45, 2.75) is 13.5 Å². The summed E-state index contributed by atoms with van der Waals surface area (Å²) in [7, 11) is 0. The van der Waals surface area contributed by atoms with E-state index in [1.54, 1.807) is 18.2 Å². The van der Waals surface area contributed by atoms with Gasteiger partial charge in [-0.2, -0.15) is 5.48 Å². The van der Waals surface area contributed by atoms with Crippen LogP contribution in [0.4, 0.5) is 0 Å². The Balaban J connectivity index is 2.33. The Kier molecular flexibility index (Phi) is 3.30. The summed E-state index contributed by atoms with van der Waals surface area (Å²) in [5, 5.41) is 13.1. The predicted molar refractivity (Wildman–Crippen MR) is 63.3 cm³/mol. The Hall–Kier alpha value is -2.01. The molecular weight excluding hydrogens is 220 g/mol. The summed E-state index contributed by atoms with van der Waals surface area (Å²) in [6.45, 7) is 3.35. The molecule has 1 heterocycles. The van der Waals surface area contributed by atoms with E-state index in [0.717, 1.165) is 12.1 Å². The first-order valence-corrected chi connectivity index (χ1v) is 5.43. The minimum Gasteiger partial charge on any atom is -0.504 e. The van der Waals surface area contributed by atoms with Gasteiger partial charge in [0.1, 0.15) is 0 Å². The van der Waals surface area contributed by atoms with Crippen LogP contribution < -0.4 is 15.6 Å². The maximum Gasteiger partial charge on any atom is 0.276 e. The van der Waals surface area contributed by atoms with E-state index < -0.39 is 0 Å². The predicted octanol–water partition coefficient (Wildman–Crippen LogP) is 0.939. The summed E-state index contributed by atoms with van der Waals surface area (Å²) >= 11 is 0. The third-order valence-electron chi connectivity index (χ3n) is 2.48. The first-order valence-electron chi connectivity index (χ1n) is 5.43. The summed E-state index contributed by atoms with van der Waals surface area (Å²) in [6, 6.07) is 3.61. The number of hydrogen-bond acceptors (Lipinski definition) is 4. The van der Waals surface area contributed by atoms with Gasteiger partial charge in [-0.05, 0) is 12.6 Å². The average molecular weight is 234 g/mol. The second kappa shape index (κ2) is 4.88. The Labute approximate surface area is 99.0 Å². The lowest BCUT2D eigenvalue weighted by Crippen LogP contribution is -2.24. The van der Waals surface area contributed by atoms with Gasteiger partial charge >= 0.3 is 0 Å². The average Bonchev–Trinajstić information content (AvgIpc) is 2.52. The summed E-state index contributed by atoms with van der Waals surface area (Å²) in [5.41, 5.74) is 3.62. The van der Waals surface area contributed by atoms with E-state index in [-0.39, 0.29) is 17.4 Å². The molecule has 1 aliphatic heterocycles. The fraction of sp³-hybridized carbons (Fsp3) is 0.250. The Morgan fingerprint density at radius 1 is 1.41 bits per heavy atom. The van der Waals surface area contributed by atoms with Crippen LogP contribution in [-0.2, 0) is 11.3 Å². The van der Waals surface area contributed by atoms with Crippen LogP contribution in [0.1, 0.15) is 18.1 Å². The molecule has 0 radical (unpaired) electrons. The van der Waals surface area contributed by atoms with Crippen molar-refractivity contribution in [2.75, 3.05) is 6.54 Å². The van der Waals surface area contributed by atoms with Gasteiger partial charge in [-0.1, -0.05) is 19.1 Å². The Morgan fingerprint density at radius 2 is 2.24 bits per heavy atom. The zero-order chi connectivity index (χ0) is 12.3. The van der Waals surface area contributed by atoms with Crippen molar-refractivity contribution >= 4 is 12.0 Å². The molecule has 90 valence electrons. The van der Waals surface area contributed by atoms with Crippen LogP contribution in [0.15, 0.2) is 18.2 Å². The summed E-state index contributed by atoms with van der Waals surface area (Å²) in [6.07, 6.45) is 2.96. The molecule has 0 atom stereocenters. The normalized spacial score (nSPS) is 13.6. The van der Waals surface area contributed by atoms with Crippen molar-refractivity contribution in [1.82, 2.24) is 10.8 Å². The number of nitrogens with one attached hydrogen (secondary N) is 2. The van der Waals surface area contributed by atoms with Crippen molar-refractivity contribution in [2.24, 2.45) is 0 Å². The molecule has 5 nitrogen and oxygen atoms in total. The van der Waals surface area contributed by atoms with Gasteiger partial charge in [0.25, 0.3) is 5.91 Å². The molecule has 1 aliphatic rings. The Morgan fingerprint density at radius 3 is 3.00 bits per heavy atom. The zero-order valence-corrected chi connectivity index (χ0v) is 9.49. The summed E-state index contributed by atoms with van der Waals surface area (Å²) < 4.78 is 0. The van der Waals surface area contributed by atoms with Gasteiger partial charge in [0.05, 0.1) is 0 Å². The highest BCUT2D eigenvalue weighted by atomic mass is 16.7. The molecule has 0 bridgehead atoms. The highest BCUT2D eigenvalue weighted by Gasteiger charge is 2.16. The number of rotatable bonds is 3. The highest BCUT2D eigenvalue weighted by Crippen LogP contribution is 2.35. The zero-order valence-electron chi connectivity index (χ0n) is 9.49. The number of phenolic OH excluding ortho intramolecular Hbond substituents is 1. The smallest absolute Gasteiger partial charge is 0.276 e. The van der Waals surface area contributed by atoms with Crippen LogP contribution >= 0.6 is 0 Å². The molecule has 0 saturated carbocycles. The van der Waals surface area contributed by atoms with Gasteiger partial charge in [-0.3, -0.25) is 4.79 Å². The molecule has 0 aliphatic carbocycles. The van der Waals surface area contributed by atoms with Crippen LogP contribution in [0.5, 0.6) is 11.5 Å². The second-order valence-corrected chi connectivity index (χ2v) is 3.67. The van der Waals surface area contributed by atoms with Gasteiger partial charge < -0.3 is 15.3 Å². The number of hydrogen-bond donors (Lipinski definition) is 3. The fourth-order valence-corrected chi connectivity index (χ4v) is 1.57. The number of fused-ring (bicyclic) bond motifs is 1. The number of hydroxylamine groups is 1. The van der Waals surface area contributed by atoms with Crippen LogP contribution in [0.3, 0.4) is 0 Å². The number of carbonyl (C=O) groups excluding carboxylic acids is 1. The minimum atomic E-state index is -0.353. The van der Waals surface area contributed by atoms with Crippen LogP contribution in [0.2, 0.25) is 0 Å². The molecule has 5 heteroatoms. The third-order valence-corrected chi connectivity index (χ3v) is 2.48. The molecule has 0 aromatic heterocycles. The van der Waals surface area contributed by atoms with Gasteiger partial charge in [-0.15, -0.1) is 0 Å². The van der Waals surface area contributed by atoms with E-state index in [2.05, 4.69) is 10.8 Å². The van der Waals surface area contributed by atoms with Crippen molar-refractivity contribution in [3.05, 3.63) is 29.3 Å². The summed E-state index contributed by atoms with van der Waals surface area (Å²) in [5.74, 6) is -0.0216. The van der Waals surface area contributed by atoms with Crippen LogP contribution in [-0.4, -0.2) is 17.6 Å². The molecule has 0 saturated heterocycles. The van der Waals surface area contributed by atoms with E-state index >= 15 is 0 Å². The highest BCUT2D eigenvalue weighted by molar-refractivity contribution is 5.92. The van der Waals surface area contributed by atoms with E-state index in [4.69, 9.17) is 4.84 Å². The van der Waals surface area contributed by atoms with Gasteiger partial charge in [0, 0.05) is 23.7 Å². The molecule has 1 aromatic carbocycles. The topological polar surface area (TPSA) is 70.6 Å². The first kappa shape index (κ1) is 11.5. The minimum absolute atomic E-state index is 0.0512. The van der Waals surface area contributed by atoms with Crippen molar-refractivity contribution < 1.29 is 14.7 Å². The molecule has 1 aromatic rings. The molecule has 0 spiro atoms. The monoisotopic (exact) mass is 234 g/mol. The maximum atomic E-state index is 11.1. The van der Waals surface area contributed by atoms with Gasteiger partial charge in [0.15, 0.2) is 5.75 Å². The van der Waals surface area contributed by atoms with E-state index in [1.807, 2.05) is 6.92 Å². The molecule has 1 amide bonds. The molecule has 17 heavy (non-hydrogen) atoms. The quantitative estimate of drug-likeness (QED) is 0.728. The van der Waals surface area contributed by atoms with Crippen molar-refractivity contribution in [1.29, 1.82) is 0 Å². The molecule has 0 unspecified atom stereocenters. The lowest BCUT2D eigenvalue weighted by molar-refractivity contribution is -0.122. The third kappa shape index (κ3) is 2.39. The summed E-state index contributed by atoms with van der Waals surface area (Å²) in [4.78, 5) is 16.2. The molecule has 2 rings (SSSR count). The SMILES string of the molecule is CCNCc1ccc2c(c1O)ONC(=O)C=C2. The van der Waals surface area contributed by atoms with Gasteiger partial charge in [-0.25, -0.2) is 0 Å².